The molecule has 1 aliphatic heterocycles. The van der Waals surface area contributed by atoms with Crippen LogP contribution in [0.3, 0.4) is 0 Å². The molecule has 0 aromatic heterocycles. The van der Waals surface area contributed by atoms with Gasteiger partial charge in [-0.3, -0.25) is 4.79 Å². The molecular weight excluding hydrogens is 272 g/mol. The zero-order chi connectivity index (χ0) is 14.2. The number of hydrogen-bond donors (Lipinski definition) is 2. The van der Waals surface area contributed by atoms with Crippen LogP contribution in [0.2, 0.25) is 0 Å². The van der Waals surface area contributed by atoms with Crippen molar-refractivity contribution in [3.05, 3.63) is 24.3 Å². The Morgan fingerprint density at radius 1 is 1.42 bits per heavy atom. The average molecular weight is 284 g/mol. The molecule has 19 heavy (non-hydrogen) atoms. The van der Waals surface area contributed by atoms with Crippen molar-refractivity contribution in [3.63, 3.8) is 0 Å². The van der Waals surface area contributed by atoms with E-state index in [4.69, 9.17) is 5.11 Å². The summed E-state index contributed by atoms with van der Waals surface area (Å²) in [4.78, 5) is 23.9. The Morgan fingerprint density at radius 3 is 2.68 bits per heavy atom. The molecule has 2 amide bonds. The minimum Gasteiger partial charge on any atom is -0.465 e. The number of nitrogens with zero attached hydrogens (tertiary/aromatic N) is 1. The van der Waals surface area contributed by atoms with Crippen LogP contribution in [-0.4, -0.2) is 44.4 Å². The number of hydrogen-bond acceptors (Lipinski definition) is 4. The molecule has 1 atom stereocenters. The normalized spacial score (nSPS) is 21.4. The Kier molecular flexibility index (Phi) is 3.19. The molecule has 1 heterocycles. The van der Waals surface area contributed by atoms with Gasteiger partial charge in [0.25, 0.3) is 5.91 Å². The van der Waals surface area contributed by atoms with Crippen molar-refractivity contribution in [3.8, 4) is 0 Å². The van der Waals surface area contributed by atoms with Crippen molar-refractivity contribution in [2.75, 3.05) is 17.7 Å². The number of carbonyl (C=O) groups excluding carboxylic acids is 1. The van der Waals surface area contributed by atoms with Gasteiger partial charge in [-0.15, -0.1) is 0 Å². The van der Waals surface area contributed by atoms with E-state index in [9.17, 15) is 18.0 Å². The summed E-state index contributed by atoms with van der Waals surface area (Å²) in [7, 11) is -2.31. The van der Waals surface area contributed by atoms with Crippen LogP contribution in [0.15, 0.2) is 29.2 Å². The topological polar surface area (TPSA) is 104 Å². The van der Waals surface area contributed by atoms with Crippen LogP contribution in [0.5, 0.6) is 0 Å². The first-order valence-electron chi connectivity index (χ1n) is 5.42. The Labute approximate surface area is 109 Å². The standard InChI is InChI=1S/C11H12N2O5S/c1-13-8-4-2-3-5-9(8)19(17,18)6-7(10(13)14)12-11(15)16/h2-5,7,12H,6H2,1H3,(H,15,16). The smallest absolute Gasteiger partial charge is 0.405 e. The summed E-state index contributed by atoms with van der Waals surface area (Å²) in [5, 5.41) is 10.6. The molecule has 2 rings (SSSR count). The van der Waals surface area contributed by atoms with Crippen molar-refractivity contribution in [1.82, 2.24) is 5.32 Å². The van der Waals surface area contributed by atoms with E-state index < -0.39 is 33.6 Å². The van der Waals surface area contributed by atoms with Crippen molar-refractivity contribution in [1.29, 1.82) is 0 Å². The molecule has 1 unspecified atom stereocenters. The lowest BCUT2D eigenvalue weighted by atomic mass is 10.2. The van der Waals surface area contributed by atoms with E-state index in [0.29, 0.717) is 0 Å². The number of para-hydroxylation sites is 1. The Bertz CT molecular complexity index is 640. The van der Waals surface area contributed by atoms with Crippen LogP contribution < -0.4 is 10.2 Å². The molecule has 102 valence electrons. The second-order valence-electron chi connectivity index (χ2n) is 4.15. The number of carboxylic acid groups (broad SMARTS) is 1. The van der Waals surface area contributed by atoms with E-state index >= 15 is 0 Å². The number of nitrogens with one attached hydrogen (secondary N) is 1. The second kappa shape index (κ2) is 4.54. The molecular formula is C11H12N2O5S. The Balaban J connectivity index is 2.55. The third-order valence-corrected chi connectivity index (χ3v) is 4.66. The number of fused-ring (bicyclic) bond motifs is 1. The molecule has 0 fully saturated rings. The summed E-state index contributed by atoms with van der Waals surface area (Å²) < 4.78 is 24.3. The van der Waals surface area contributed by atoms with Gasteiger partial charge in [0.1, 0.15) is 6.04 Å². The highest BCUT2D eigenvalue weighted by Gasteiger charge is 2.36. The first-order valence-corrected chi connectivity index (χ1v) is 7.07. The summed E-state index contributed by atoms with van der Waals surface area (Å²) in [6, 6.07) is 4.77. The number of anilines is 1. The SMILES string of the molecule is CN1C(=O)C(NC(=O)O)CS(=O)(=O)c2ccccc21. The van der Waals surface area contributed by atoms with E-state index in [1.165, 1.54) is 19.2 Å². The maximum atomic E-state index is 12.2. The molecule has 0 spiro atoms. The van der Waals surface area contributed by atoms with E-state index in [0.717, 1.165) is 4.90 Å². The van der Waals surface area contributed by atoms with Crippen molar-refractivity contribution < 1.29 is 23.1 Å². The van der Waals surface area contributed by atoms with E-state index in [1.54, 1.807) is 12.1 Å². The predicted octanol–water partition coefficient (Wildman–Crippen LogP) is 0.0729. The molecule has 0 saturated carbocycles. The largest absolute Gasteiger partial charge is 0.465 e. The molecule has 1 aromatic rings. The molecule has 8 heteroatoms. The molecule has 0 radical (unpaired) electrons. The highest BCUT2D eigenvalue weighted by Crippen LogP contribution is 2.29. The highest BCUT2D eigenvalue weighted by molar-refractivity contribution is 7.91. The molecule has 0 saturated heterocycles. The minimum atomic E-state index is -3.73. The average Bonchev–Trinajstić information content (AvgIpc) is 2.40. The van der Waals surface area contributed by atoms with Crippen LogP contribution in [0.1, 0.15) is 0 Å². The zero-order valence-corrected chi connectivity index (χ0v) is 10.8. The number of rotatable bonds is 1. The van der Waals surface area contributed by atoms with Crippen LogP contribution in [-0.2, 0) is 14.6 Å². The van der Waals surface area contributed by atoms with Gasteiger partial charge in [0.2, 0.25) is 0 Å². The van der Waals surface area contributed by atoms with Gasteiger partial charge in [0.05, 0.1) is 16.3 Å². The van der Waals surface area contributed by atoms with Gasteiger partial charge in [-0.2, -0.15) is 0 Å². The van der Waals surface area contributed by atoms with Crippen LogP contribution in [0, 0.1) is 0 Å². The second-order valence-corrected chi connectivity index (χ2v) is 6.15. The van der Waals surface area contributed by atoms with Crippen molar-refractivity contribution in [2.24, 2.45) is 0 Å². The van der Waals surface area contributed by atoms with Gasteiger partial charge in [0, 0.05) is 7.05 Å². The monoisotopic (exact) mass is 284 g/mol. The summed E-state index contributed by atoms with van der Waals surface area (Å²) in [5.74, 6) is -1.18. The van der Waals surface area contributed by atoms with E-state index in [1.807, 2.05) is 5.32 Å². The molecule has 7 nitrogen and oxygen atoms in total. The van der Waals surface area contributed by atoms with Crippen molar-refractivity contribution in [2.45, 2.75) is 10.9 Å². The molecule has 0 aliphatic carbocycles. The number of carbonyl (C=O) groups is 2. The van der Waals surface area contributed by atoms with Crippen LogP contribution in [0.4, 0.5) is 10.5 Å². The number of amides is 2. The van der Waals surface area contributed by atoms with Crippen LogP contribution >= 0.6 is 0 Å². The summed E-state index contributed by atoms with van der Waals surface area (Å²) in [5.41, 5.74) is 0.252. The molecule has 1 aliphatic rings. The fourth-order valence-electron chi connectivity index (χ4n) is 1.98. The van der Waals surface area contributed by atoms with Gasteiger partial charge in [0.15, 0.2) is 9.84 Å². The number of benzene rings is 1. The maximum absolute atomic E-state index is 12.2. The molecule has 2 N–H and O–H groups in total. The van der Waals surface area contributed by atoms with Gasteiger partial charge < -0.3 is 15.3 Å². The highest BCUT2D eigenvalue weighted by atomic mass is 32.2. The van der Waals surface area contributed by atoms with Gasteiger partial charge >= 0.3 is 6.09 Å². The third kappa shape index (κ3) is 2.39. The van der Waals surface area contributed by atoms with Crippen molar-refractivity contribution >= 4 is 27.5 Å². The fraction of sp³-hybridized carbons (Fsp3) is 0.273. The fourth-order valence-corrected chi connectivity index (χ4v) is 3.64. The van der Waals surface area contributed by atoms with Gasteiger partial charge in [-0.1, -0.05) is 12.1 Å². The number of sulfone groups is 1. The lowest BCUT2D eigenvalue weighted by Crippen LogP contribution is -2.49. The lowest BCUT2D eigenvalue weighted by Gasteiger charge is -2.20. The van der Waals surface area contributed by atoms with E-state index in [-0.39, 0.29) is 10.6 Å². The first-order chi connectivity index (χ1) is 8.83. The van der Waals surface area contributed by atoms with E-state index in [2.05, 4.69) is 0 Å². The summed E-state index contributed by atoms with van der Waals surface area (Å²) in [6.07, 6.45) is -1.44. The molecule has 1 aromatic carbocycles. The summed E-state index contributed by atoms with van der Waals surface area (Å²) in [6.45, 7) is 0. The quantitative estimate of drug-likeness (QED) is 0.759. The minimum absolute atomic E-state index is 0.0283. The predicted molar refractivity (Wildman–Crippen MR) is 66.9 cm³/mol. The number of likely N-dealkylation sites (N-methyl/N-ethyl adjacent to an activating group) is 1. The summed E-state index contributed by atoms with van der Waals surface area (Å²) >= 11 is 0. The Hall–Kier alpha value is -2.09. The van der Waals surface area contributed by atoms with Gasteiger partial charge in [-0.05, 0) is 12.1 Å². The lowest BCUT2D eigenvalue weighted by molar-refractivity contribution is -0.119. The van der Waals surface area contributed by atoms with Crippen LogP contribution in [0.25, 0.3) is 0 Å². The first kappa shape index (κ1) is 13.3. The van der Waals surface area contributed by atoms with Gasteiger partial charge in [-0.25, -0.2) is 13.2 Å². The zero-order valence-electron chi connectivity index (χ0n) is 10.0. The molecule has 0 bridgehead atoms. The third-order valence-electron chi connectivity index (χ3n) is 2.87. The maximum Gasteiger partial charge on any atom is 0.405 e. The Morgan fingerprint density at radius 2 is 2.05 bits per heavy atom.